The Balaban J connectivity index is 1.37. The van der Waals surface area contributed by atoms with Gasteiger partial charge in [-0.25, -0.2) is 0 Å². The lowest BCUT2D eigenvalue weighted by atomic mass is 9.81. The van der Waals surface area contributed by atoms with Gasteiger partial charge in [0.25, 0.3) is 5.91 Å². The predicted molar refractivity (Wildman–Crippen MR) is 126 cm³/mol. The molecule has 8 nitrogen and oxygen atoms in total. The molecular weight excluding hydrogens is 460 g/mol. The molecular formula is C25H27ClN2O6. The number of nitrogens with one attached hydrogen (secondary N) is 2. The summed E-state index contributed by atoms with van der Waals surface area (Å²) in [5.41, 5.74) is 1.52. The van der Waals surface area contributed by atoms with Crippen molar-refractivity contribution in [2.45, 2.75) is 39.2 Å². The summed E-state index contributed by atoms with van der Waals surface area (Å²) < 4.78 is 15.8. The molecule has 0 aromatic heterocycles. The van der Waals surface area contributed by atoms with Crippen LogP contribution in [0.5, 0.6) is 11.5 Å². The van der Waals surface area contributed by atoms with E-state index in [1.165, 1.54) is 6.07 Å². The Hall–Kier alpha value is -3.26. The number of fused-ring (bicyclic) bond motifs is 1. The predicted octanol–water partition coefficient (Wildman–Crippen LogP) is 4.31. The van der Waals surface area contributed by atoms with E-state index in [2.05, 4.69) is 10.6 Å². The number of rotatable bonds is 7. The van der Waals surface area contributed by atoms with Gasteiger partial charge in [0.2, 0.25) is 12.7 Å². The molecule has 180 valence electrons. The number of ether oxygens (including phenoxy) is 3. The molecule has 2 aliphatic rings. The minimum atomic E-state index is -0.360. The van der Waals surface area contributed by atoms with Crippen LogP contribution in [0.4, 0.5) is 5.69 Å². The number of halogens is 1. The number of amides is 2. The fourth-order valence-electron chi connectivity index (χ4n) is 4.23. The lowest BCUT2D eigenvalue weighted by molar-refractivity contribution is -0.150. The molecule has 1 aliphatic heterocycles. The van der Waals surface area contributed by atoms with Crippen LogP contribution in [0.15, 0.2) is 36.4 Å². The van der Waals surface area contributed by atoms with Crippen LogP contribution in [-0.2, 0) is 20.9 Å². The van der Waals surface area contributed by atoms with Crippen molar-refractivity contribution >= 4 is 35.1 Å². The van der Waals surface area contributed by atoms with E-state index < -0.39 is 0 Å². The third-order valence-electron chi connectivity index (χ3n) is 6.09. The molecule has 9 heteroatoms. The lowest BCUT2D eigenvalue weighted by Crippen LogP contribution is -2.31. The van der Waals surface area contributed by atoms with Gasteiger partial charge in [0.05, 0.1) is 23.8 Å². The van der Waals surface area contributed by atoms with Gasteiger partial charge in [0, 0.05) is 17.5 Å². The lowest BCUT2D eigenvalue weighted by Gasteiger charge is -2.26. The third-order valence-corrected chi connectivity index (χ3v) is 6.33. The average Bonchev–Trinajstić information content (AvgIpc) is 3.32. The molecule has 0 bridgehead atoms. The minimum Gasteiger partial charge on any atom is -0.466 e. The smallest absolute Gasteiger partial charge is 0.308 e. The molecule has 2 N–H and O–H groups in total. The number of benzene rings is 2. The second kappa shape index (κ2) is 10.8. The van der Waals surface area contributed by atoms with Gasteiger partial charge in [-0.2, -0.15) is 0 Å². The molecule has 0 saturated heterocycles. The summed E-state index contributed by atoms with van der Waals surface area (Å²) in [5, 5.41) is 6.13. The van der Waals surface area contributed by atoms with Crippen molar-refractivity contribution in [2.24, 2.45) is 11.8 Å². The van der Waals surface area contributed by atoms with Crippen LogP contribution in [0, 0.1) is 11.8 Å². The Bertz CT molecular complexity index is 1080. The molecule has 2 aromatic rings. The number of carbonyl (C=O) groups is 3. The Morgan fingerprint density at radius 1 is 1.00 bits per heavy atom. The normalized spacial score (nSPS) is 18.8. The summed E-state index contributed by atoms with van der Waals surface area (Å²) in [7, 11) is 0. The van der Waals surface area contributed by atoms with Crippen molar-refractivity contribution < 1.29 is 28.6 Å². The summed E-state index contributed by atoms with van der Waals surface area (Å²) in [6.45, 7) is 2.59. The van der Waals surface area contributed by atoms with Crippen molar-refractivity contribution in [1.29, 1.82) is 0 Å². The van der Waals surface area contributed by atoms with E-state index >= 15 is 0 Å². The van der Waals surface area contributed by atoms with Crippen LogP contribution in [0.3, 0.4) is 0 Å². The van der Waals surface area contributed by atoms with E-state index in [1.807, 2.05) is 12.1 Å². The Morgan fingerprint density at radius 2 is 1.74 bits per heavy atom. The van der Waals surface area contributed by atoms with Crippen molar-refractivity contribution in [1.82, 2.24) is 5.32 Å². The maximum Gasteiger partial charge on any atom is 0.308 e. The molecule has 0 unspecified atom stereocenters. The maximum atomic E-state index is 12.9. The standard InChI is InChI=1S/C25H27ClN2O6/c1-2-32-25(31)17-6-4-16(5-7-17)23(29)28-20-9-8-18(26)12-19(20)24(30)27-13-15-3-10-21-22(11-15)34-14-33-21/h3,8-12,16-17H,2,4-7,13-14H2,1H3,(H,27,30)(H,28,29). The highest BCUT2D eigenvalue weighted by Crippen LogP contribution is 2.33. The van der Waals surface area contributed by atoms with E-state index in [0.29, 0.717) is 54.5 Å². The number of anilines is 1. The van der Waals surface area contributed by atoms with Gasteiger partial charge >= 0.3 is 5.97 Å². The van der Waals surface area contributed by atoms with Crippen molar-refractivity contribution in [3.63, 3.8) is 0 Å². The van der Waals surface area contributed by atoms with E-state index in [1.54, 1.807) is 25.1 Å². The second-order valence-corrected chi connectivity index (χ2v) is 8.79. The minimum absolute atomic E-state index is 0.156. The molecule has 2 aromatic carbocycles. The Labute approximate surface area is 202 Å². The highest BCUT2D eigenvalue weighted by Gasteiger charge is 2.31. The molecule has 1 heterocycles. The maximum absolute atomic E-state index is 12.9. The zero-order chi connectivity index (χ0) is 24.1. The van der Waals surface area contributed by atoms with Crippen LogP contribution >= 0.6 is 11.6 Å². The van der Waals surface area contributed by atoms with Gasteiger partial charge in [-0.05, 0) is 68.5 Å². The summed E-state index contributed by atoms with van der Waals surface area (Å²) in [4.78, 5) is 37.8. The van der Waals surface area contributed by atoms with Crippen LogP contribution < -0.4 is 20.1 Å². The molecule has 1 aliphatic carbocycles. The van der Waals surface area contributed by atoms with Crippen molar-refractivity contribution in [3.8, 4) is 11.5 Å². The van der Waals surface area contributed by atoms with Gasteiger partial charge < -0.3 is 24.8 Å². The molecule has 1 saturated carbocycles. The molecule has 0 spiro atoms. The second-order valence-electron chi connectivity index (χ2n) is 8.35. The number of esters is 1. The average molecular weight is 487 g/mol. The summed E-state index contributed by atoms with van der Waals surface area (Å²) in [6, 6.07) is 10.2. The highest BCUT2D eigenvalue weighted by molar-refractivity contribution is 6.31. The topological polar surface area (TPSA) is 103 Å². The van der Waals surface area contributed by atoms with Gasteiger partial charge in [-0.3, -0.25) is 14.4 Å². The molecule has 4 rings (SSSR count). The van der Waals surface area contributed by atoms with Gasteiger partial charge in [-0.1, -0.05) is 17.7 Å². The molecule has 1 fully saturated rings. The number of hydrogen-bond acceptors (Lipinski definition) is 6. The fraction of sp³-hybridized carbons (Fsp3) is 0.400. The first kappa shape index (κ1) is 23.9. The van der Waals surface area contributed by atoms with Gasteiger partial charge in [0.15, 0.2) is 11.5 Å². The van der Waals surface area contributed by atoms with E-state index in [-0.39, 0.29) is 48.5 Å². The fourth-order valence-corrected chi connectivity index (χ4v) is 4.40. The van der Waals surface area contributed by atoms with Crippen LogP contribution in [0.2, 0.25) is 5.02 Å². The van der Waals surface area contributed by atoms with Crippen LogP contribution in [-0.4, -0.2) is 31.2 Å². The van der Waals surface area contributed by atoms with E-state index in [0.717, 1.165) is 5.56 Å². The van der Waals surface area contributed by atoms with Crippen LogP contribution in [0.1, 0.15) is 48.5 Å². The number of hydrogen-bond donors (Lipinski definition) is 2. The molecule has 2 amide bonds. The van der Waals surface area contributed by atoms with E-state index in [4.69, 9.17) is 25.8 Å². The summed E-state index contributed by atoms with van der Waals surface area (Å²) in [5.74, 6) is 0.200. The number of carbonyl (C=O) groups excluding carboxylic acids is 3. The van der Waals surface area contributed by atoms with Crippen molar-refractivity contribution in [3.05, 3.63) is 52.5 Å². The first-order valence-corrected chi connectivity index (χ1v) is 11.8. The van der Waals surface area contributed by atoms with Gasteiger partial charge in [-0.15, -0.1) is 0 Å². The Kier molecular flexibility index (Phi) is 7.57. The Morgan fingerprint density at radius 3 is 2.50 bits per heavy atom. The summed E-state index contributed by atoms with van der Waals surface area (Å²) >= 11 is 6.13. The zero-order valence-electron chi connectivity index (χ0n) is 18.9. The zero-order valence-corrected chi connectivity index (χ0v) is 19.7. The summed E-state index contributed by atoms with van der Waals surface area (Å²) in [6.07, 6.45) is 2.41. The largest absolute Gasteiger partial charge is 0.466 e. The third kappa shape index (κ3) is 5.62. The van der Waals surface area contributed by atoms with Crippen LogP contribution in [0.25, 0.3) is 0 Å². The molecule has 0 atom stereocenters. The molecule has 34 heavy (non-hydrogen) atoms. The quantitative estimate of drug-likeness (QED) is 0.565. The highest BCUT2D eigenvalue weighted by atomic mass is 35.5. The van der Waals surface area contributed by atoms with E-state index in [9.17, 15) is 14.4 Å². The SMILES string of the molecule is CCOC(=O)C1CCC(C(=O)Nc2ccc(Cl)cc2C(=O)NCc2ccc3c(c2)OCO3)CC1. The van der Waals surface area contributed by atoms with Gasteiger partial charge in [0.1, 0.15) is 0 Å². The van der Waals surface area contributed by atoms with Crippen molar-refractivity contribution in [2.75, 3.05) is 18.7 Å². The first-order valence-electron chi connectivity index (χ1n) is 11.4. The molecule has 0 radical (unpaired) electrons. The monoisotopic (exact) mass is 486 g/mol. The first-order chi connectivity index (χ1) is 16.4.